The number of para-hydroxylation sites is 1. The minimum absolute atomic E-state index is 0.0168. The predicted octanol–water partition coefficient (Wildman–Crippen LogP) is 4.75. The van der Waals surface area contributed by atoms with Gasteiger partial charge in [0.1, 0.15) is 0 Å². The number of amides is 2. The molecule has 1 N–H and O–H groups in total. The van der Waals surface area contributed by atoms with Crippen LogP contribution < -0.4 is 10.2 Å². The van der Waals surface area contributed by atoms with Crippen molar-refractivity contribution in [3.63, 3.8) is 0 Å². The molecule has 3 rings (SSSR count). The second-order valence-corrected chi connectivity index (χ2v) is 7.31. The summed E-state index contributed by atoms with van der Waals surface area (Å²) < 4.78 is 0. The Kier molecular flexibility index (Phi) is 5.94. The molecular weight excluding hydrogens is 336 g/mol. The molecule has 1 heterocycles. The topological polar surface area (TPSA) is 49.4 Å². The first kappa shape index (κ1) is 19.2. The molecular formula is C23H28N2O2. The Morgan fingerprint density at radius 3 is 2.52 bits per heavy atom. The fourth-order valence-corrected chi connectivity index (χ4v) is 3.56. The van der Waals surface area contributed by atoms with Gasteiger partial charge in [0.15, 0.2) is 0 Å². The smallest absolute Gasteiger partial charge is 0.229 e. The van der Waals surface area contributed by atoms with Crippen molar-refractivity contribution in [3.8, 4) is 0 Å². The van der Waals surface area contributed by atoms with Crippen molar-refractivity contribution in [1.29, 1.82) is 0 Å². The Balaban J connectivity index is 1.67. The standard InChI is InChI=1S/C23H28N2O2/c1-4-16(3)18-10-12-20(13-11-18)24-23(27)19-14-22(26)25(15-19)21-9-7-6-8-17(21)5-2/h6-13,16,19H,4-5,14-15H2,1-3H3,(H,24,27). The van der Waals surface area contributed by atoms with E-state index in [2.05, 4.69) is 38.2 Å². The zero-order valence-electron chi connectivity index (χ0n) is 16.4. The molecule has 1 fully saturated rings. The van der Waals surface area contributed by atoms with Crippen molar-refractivity contribution in [2.75, 3.05) is 16.8 Å². The first-order chi connectivity index (χ1) is 13.0. The molecule has 0 aromatic heterocycles. The third-order valence-electron chi connectivity index (χ3n) is 5.52. The molecule has 0 saturated carbocycles. The third-order valence-corrected chi connectivity index (χ3v) is 5.52. The average molecular weight is 364 g/mol. The molecule has 0 bridgehead atoms. The van der Waals surface area contributed by atoms with Gasteiger partial charge in [0.05, 0.1) is 5.92 Å². The molecule has 1 saturated heterocycles. The van der Waals surface area contributed by atoms with Gasteiger partial charge in [0.25, 0.3) is 0 Å². The summed E-state index contributed by atoms with van der Waals surface area (Å²) >= 11 is 0. The van der Waals surface area contributed by atoms with Crippen LogP contribution in [0.2, 0.25) is 0 Å². The van der Waals surface area contributed by atoms with Crippen LogP contribution in [-0.4, -0.2) is 18.4 Å². The number of anilines is 2. The van der Waals surface area contributed by atoms with Crippen molar-refractivity contribution in [3.05, 3.63) is 59.7 Å². The second-order valence-electron chi connectivity index (χ2n) is 7.31. The van der Waals surface area contributed by atoms with Crippen molar-refractivity contribution >= 4 is 23.2 Å². The van der Waals surface area contributed by atoms with Gasteiger partial charge in [-0.3, -0.25) is 9.59 Å². The normalized spacial score (nSPS) is 17.8. The van der Waals surface area contributed by atoms with Crippen LogP contribution >= 0.6 is 0 Å². The largest absolute Gasteiger partial charge is 0.326 e. The lowest BCUT2D eigenvalue weighted by atomic mass is 9.98. The summed E-state index contributed by atoms with van der Waals surface area (Å²) in [5.41, 5.74) is 4.12. The maximum Gasteiger partial charge on any atom is 0.229 e. The van der Waals surface area contributed by atoms with Gasteiger partial charge in [0, 0.05) is 24.3 Å². The van der Waals surface area contributed by atoms with E-state index < -0.39 is 0 Å². The Morgan fingerprint density at radius 2 is 1.85 bits per heavy atom. The highest BCUT2D eigenvalue weighted by Gasteiger charge is 2.35. The minimum atomic E-state index is -0.323. The molecule has 4 heteroatoms. The number of nitrogens with zero attached hydrogens (tertiary/aromatic N) is 1. The van der Waals surface area contributed by atoms with Gasteiger partial charge in [-0.25, -0.2) is 0 Å². The number of carbonyl (C=O) groups is 2. The van der Waals surface area contributed by atoms with Crippen LogP contribution in [-0.2, 0) is 16.0 Å². The van der Waals surface area contributed by atoms with Gasteiger partial charge >= 0.3 is 0 Å². The molecule has 2 aromatic rings. The average Bonchev–Trinajstić information content (AvgIpc) is 3.09. The van der Waals surface area contributed by atoms with Gasteiger partial charge in [0.2, 0.25) is 11.8 Å². The van der Waals surface area contributed by atoms with E-state index in [1.165, 1.54) is 5.56 Å². The molecule has 142 valence electrons. The zero-order valence-corrected chi connectivity index (χ0v) is 16.4. The number of rotatable bonds is 6. The molecule has 0 spiro atoms. The zero-order chi connectivity index (χ0) is 19.4. The molecule has 2 unspecified atom stereocenters. The first-order valence-electron chi connectivity index (χ1n) is 9.82. The molecule has 1 aliphatic heterocycles. The lowest BCUT2D eigenvalue weighted by Crippen LogP contribution is -2.28. The minimum Gasteiger partial charge on any atom is -0.326 e. The summed E-state index contributed by atoms with van der Waals surface area (Å²) in [6.07, 6.45) is 2.21. The van der Waals surface area contributed by atoms with Crippen molar-refractivity contribution in [2.24, 2.45) is 5.92 Å². The summed E-state index contributed by atoms with van der Waals surface area (Å²) in [4.78, 5) is 26.9. The Bertz CT molecular complexity index is 813. The monoisotopic (exact) mass is 364 g/mol. The number of carbonyl (C=O) groups excluding carboxylic acids is 2. The highest BCUT2D eigenvalue weighted by atomic mass is 16.2. The highest BCUT2D eigenvalue weighted by molar-refractivity contribution is 6.03. The molecule has 1 aliphatic rings. The van der Waals surface area contributed by atoms with Gasteiger partial charge in [-0.1, -0.05) is 51.1 Å². The van der Waals surface area contributed by atoms with E-state index in [0.29, 0.717) is 12.5 Å². The number of nitrogens with one attached hydrogen (secondary N) is 1. The Morgan fingerprint density at radius 1 is 1.15 bits per heavy atom. The maximum absolute atomic E-state index is 12.7. The van der Waals surface area contributed by atoms with E-state index >= 15 is 0 Å². The molecule has 0 radical (unpaired) electrons. The summed E-state index contributed by atoms with van der Waals surface area (Å²) in [5.74, 6) is 0.116. The van der Waals surface area contributed by atoms with Gasteiger partial charge in [-0.15, -0.1) is 0 Å². The van der Waals surface area contributed by atoms with Crippen LogP contribution in [0.3, 0.4) is 0 Å². The summed E-state index contributed by atoms with van der Waals surface area (Å²) in [6, 6.07) is 15.9. The van der Waals surface area contributed by atoms with Crippen LogP contribution in [0.25, 0.3) is 0 Å². The molecule has 0 aliphatic carbocycles. The Labute approximate surface area is 161 Å². The van der Waals surface area contributed by atoms with Crippen LogP contribution in [0.4, 0.5) is 11.4 Å². The molecule has 2 amide bonds. The van der Waals surface area contributed by atoms with Gasteiger partial charge in [-0.2, -0.15) is 0 Å². The van der Waals surface area contributed by atoms with Crippen LogP contribution in [0.1, 0.15) is 50.7 Å². The number of hydrogen-bond acceptors (Lipinski definition) is 2. The molecule has 2 atom stereocenters. The first-order valence-corrected chi connectivity index (χ1v) is 9.82. The molecule has 27 heavy (non-hydrogen) atoms. The molecule has 2 aromatic carbocycles. The number of hydrogen-bond donors (Lipinski definition) is 1. The van der Waals surface area contributed by atoms with Crippen molar-refractivity contribution < 1.29 is 9.59 Å². The van der Waals surface area contributed by atoms with E-state index in [-0.39, 0.29) is 24.2 Å². The fourth-order valence-electron chi connectivity index (χ4n) is 3.56. The van der Waals surface area contributed by atoms with Gasteiger partial charge < -0.3 is 10.2 Å². The van der Waals surface area contributed by atoms with E-state index in [1.807, 2.05) is 36.4 Å². The summed E-state index contributed by atoms with van der Waals surface area (Å²) in [7, 11) is 0. The van der Waals surface area contributed by atoms with Gasteiger partial charge in [-0.05, 0) is 48.1 Å². The van der Waals surface area contributed by atoms with Crippen molar-refractivity contribution in [1.82, 2.24) is 0 Å². The SMILES string of the molecule is CCc1ccccc1N1CC(C(=O)Nc2ccc(C(C)CC)cc2)CC1=O. The third kappa shape index (κ3) is 4.21. The lowest BCUT2D eigenvalue weighted by molar-refractivity contribution is -0.122. The quantitative estimate of drug-likeness (QED) is 0.804. The summed E-state index contributed by atoms with van der Waals surface area (Å²) in [6.45, 7) is 6.87. The van der Waals surface area contributed by atoms with E-state index in [1.54, 1.807) is 4.90 Å². The highest BCUT2D eigenvalue weighted by Crippen LogP contribution is 2.29. The fraction of sp³-hybridized carbons (Fsp3) is 0.391. The number of aryl methyl sites for hydroxylation is 1. The molecule has 4 nitrogen and oxygen atoms in total. The van der Waals surface area contributed by atoms with Crippen LogP contribution in [0.5, 0.6) is 0 Å². The van der Waals surface area contributed by atoms with Crippen LogP contribution in [0.15, 0.2) is 48.5 Å². The van der Waals surface area contributed by atoms with E-state index in [4.69, 9.17) is 0 Å². The maximum atomic E-state index is 12.7. The van der Waals surface area contributed by atoms with E-state index in [9.17, 15) is 9.59 Å². The van der Waals surface area contributed by atoms with Crippen LogP contribution in [0, 0.1) is 5.92 Å². The van der Waals surface area contributed by atoms with Crippen molar-refractivity contribution in [2.45, 2.75) is 46.0 Å². The predicted molar refractivity (Wildman–Crippen MR) is 110 cm³/mol. The summed E-state index contributed by atoms with van der Waals surface area (Å²) in [5, 5.41) is 2.97. The number of benzene rings is 2. The Hall–Kier alpha value is -2.62. The van der Waals surface area contributed by atoms with E-state index in [0.717, 1.165) is 29.8 Å². The lowest BCUT2D eigenvalue weighted by Gasteiger charge is -2.20. The second kappa shape index (κ2) is 8.38.